The molecule has 2 atom stereocenters. The number of ether oxygens (including phenoxy) is 1. The summed E-state index contributed by atoms with van der Waals surface area (Å²) in [6.45, 7) is 3.79. The molecule has 10 heteroatoms. The molecule has 0 bridgehead atoms. The first kappa shape index (κ1) is 22.8. The van der Waals surface area contributed by atoms with Crippen molar-refractivity contribution >= 4 is 29.2 Å². The van der Waals surface area contributed by atoms with Crippen molar-refractivity contribution in [2.24, 2.45) is 0 Å². The molecule has 0 aliphatic carbocycles. The predicted molar refractivity (Wildman–Crippen MR) is 122 cm³/mol. The molecule has 1 aromatic carbocycles. The summed E-state index contributed by atoms with van der Waals surface area (Å²) in [6.07, 6.45) is 4.39. The number of hydrogen-bond acceptors (Lipinski definition) is 8. The molecule has 0 saturated carbocycles. The quantitative estimate of drug-likeness (QED) is 0.638. The molecule has 0 radical (unpaired) electrons. The number of amides is 1. The molecule has 2 aliphatic heterocycles. The standard InChI is InChI=1S/C23H29FN6O3/c1-2-33-23(32)16-8-3-4-9-17(16)28-18-10-6-12-30(22(18)31)15-7-5-11-29(13-15)21-19(24)20(25)26-14-27-21/h3-4,8-9,14-15,18,28H,2,5-7,10-13H2,1H3,(H2,25,26,27)/t15-,18?/m1/s1. The summed E-state index contributed by atoms with van der Waals surface area (Å²) < 4.78 is 19.6. The Hall–Kier alpha value is -3.43. The lowest BCUT2D eigenvalue weighted by Crippen LogP contribution is -2.56. The Bertz CT molecular complexity index is 1020. The molecule has 2 saturated heterocycles. The van der Waals surface area contributed by atoms with E-state index in [1.807, 2.05) is 15.9 Å². The van der Waals surface area contributed by atoms with Crippen molar-refractivity contribution in [3.8, 4) is 0 Å². The van der Waals surface area contributed by atoms with Crippen LogP contribution in [0.15, 0.2) is 30.6 Å². The topological polar surface area (TPSA) is 114 Å². The monoisotopic (exact) mass is 456 g/mol. The summed E-state index contributed by atoms with van der Waals surface area (Å²) in [5.41, 5.74) is 6.60. The number of piperidine rings is 2. The van der Waals surface area contributed by atoms with Crippen LogP contribution in [0.2, 0.25) is 0 Å². The number of nitrogens with two attached hydrogens (primary N) is 1. The van der Waals surface area contributed by atoms with Crippen LogP contribution in [0.4, 0.5) is 21.7 Å². The lowest BCUT2D eigenvalue weighted by atomic mass is 9.97. The van der Waals surface area contributed by atoms with Crippen LogP contribution < -0.4 is 16.0 Å². The van der Waals surface area contributed by atoms with Crippen LogP contribution in [0.25, 0.3) is 0 Å². The number of nitrogen functional groups attached to an aromatic ring is 1. The lowest BCUT2D eigenvalue weighted by Gasteiger charge is -2.43. The van der Waals surface area contributed by atoms with Crippen molar-refractivity contribution in [2.45, 2.75) is 44.7 Å². The molecule has 1 aromatic heterocycles. The van der Waals surface area contributed by atoms with Crippen molar-refractivity contribution in [2.75, 3.05) is 42.2 Å². The molecular weight excluding hydrogens is 427 g/mol. The first-order valence-electron chi connectivity index (χ1n) is 11.3. The van der Waals surface area contributed by atoms with E-state index < -0.39 is 17.8 Å². The first-order valence-corrected chi connectivity index (χ1v) is 11.3. The zero-order valence-electron chi connectivity index (χ0n) is 18.7. The van der Waals surface area contributed by atoms with Crippen LogP contribution in [0.3, 0.4) is 0 Å². The van der Waals surface area contributed by atoms with E-state index in [2.05, 4.69) is 15.3 Å². The smallest absolute Gasteiger partial charge is 0.340 e. The van der Waals surface area contributed by atoms with Gasteiger partial charge in [-0.2, -0.15) is 4.39 Å². The second-order valence-corrected chi connectivity index (χ2v) is 8.28. The van der Waals surface area contributed by atoms with Gasteiger partial charge >= 0.3 is 5.97 Å². The number of carbonyl (C=O) groups is 2. The van der Waals surface area contributed by atoms with Crippen molar-refractivity contribution in [1.29, 1.82) is 0 Å². The highest BCUT2D eigenvalue weighted by molar-refractivity contribution is 5.97. The normalized spacial score (nSPS) is 21.1. The number of esters is 1. The maximum atomic E-state index is 14.5. The fourth-order valence-electron chi connectivity index (χ4n) is 4.58. The molecule has 3 heterocycles. The number of para-hydroxylation sites is 1. The average molecular weight is 457 g/mol. The Labute approximate surface area is 192 Å². The van der Waals surface area contributed by atoms with Gasteiger partial charge in [-0.3, -0.25) is 4.79 Å². The maximum absolute atomic E-state index is 14.5. The minimum atomic E-state index is -0.627. The van der Waals surface area contributed by atoms with E-state index in [0.717, 1.165) is 19.3 Å². The molecule has 1 amide bonds. The number of halogens is 1. The van der Waals surface area contributed by atoms with E-state index in [0.29, 0.717) is 37.3 Å². The van der Waals surface area contributed by atoms with E-state index >= 15 is 0 Å². The number of carbonyl (C=O) groups excluding carboxylic acids is 2. The molecule has 4 rings (SSSR count). The molecule has 0 spiro atoms. The minimum absolute atomic E-state index is 0.0190. The highest BCUT2D eigenvalue weighted by atomic mass is 19.1. The average Bonchev–Trinajstić information content (AvgIpc) is 2.83. The Kier molecular flexibility index (Phi) is 6.90. The van der Waals surface area contributed by atoms with Gasteiger partial charge in [0, 0.05) is 31.4 Å². The fourth-order valence-corrected chi connectivity index (χ4v) is 4.58. The predicted octanol–water partition coefficient (Wildman–Crippen LogP) is 2.45. The van der Waals surface area contributed by atoms with Crippen LogP contribution in [0, 0.1) is 5.82 Å². The zero-order valence-corrected chi connectivity index (χ0v) is 18.7. The molecule has 176 valence electrons. The van der Waals surface area contributed by atoms with Crippen molar-refractivity contribution in [3.63, 3.8) is 0 Å². The second kappa shape index (κ2) is 10.0. The van der Waals surface area contributed by atoms with Gasteiger partial charge in [-0.05, 0) is 44.7 Å². The SMILES string of the molecule is CCOC(=O)c1ccccc1NC1CCCN([C@@H]2CCCN(c3ncnc(N)c3F)C2)C1=O. The van der Waals surface area contributed by atoms with E-state index in [1.54, 1.807) is 25.1 Å². The van der Waals surface area contributed by atoms with E-state index in [1.165, 1.54) is 6.33 Å². The Morgan fingerprint density at radius 1 is 1.24 bits per heavy atom. The number of hydrogen-bond donors (Lipinski definition) is 2. The Morgan fingerprint density at radius 2 is 2.03 bits per heavy atom. The van der Waals surface area contributed by atoms with E-state index in [-0.39, 0.29) is 30.2 Å². The number of nitrogens with zero attached hydrogens (tertiary/aromatic N) is 4. The van der Waals surface area contributed by atoms with E-state index in [9.17, 15) is 14.0 Å². The van der Waals surface area contributed by atoms with Gasteiger partial charge in [-0.1, -0.05) is 12.1 Å². The fraction of sp³-hybridized carbons (Fsp3) is 0.478. The first-order chi connectivity index (χ1) is 16.0. The number of aromatic nitrogens is 2. The molecule has 33 heavy (non-hydrogen) atoms. The third-order valence-corrected chi connectivity index (χ3v) is 6.16. The molecular formula is C23H29FN6O3. The number of rotatable bonds is 6. The highest BCUT2D eigenvalue weighted by Crippen LogP contribution is 2.28. The van der Waals surface area contributed by atoms with Gasteiger partial charge in [-0.25, -0.2) is 14.8 Å². The number of likely N-dealkylation sites (tertiary alicyclic amines) is 1. The lowest BCUT2D eigenvalue weighted by molar-refractivity contribution is -0.137. The summed E-state index contributed by atoms with van der Waals surface area (Å²) in [5, 5.41) is 3.26. The Balaban J connectivity index is 1.48. The third-order valence-electron chi connectivity index (χ3n) is 6.16. The van der Waals surface area contributed by atoms with Crippen molar-refractivity contribution in [1.82, 2.24) is 14.9 Å². The summed E-state index contributed by atoms with van der Waals surface area (Å²) in [5.74, 6) is -1.07. The summed E-state index contributed by atoms with van der Waals surface area (Å²) in [7, 11) is 0. The maximum Gasteiger partial charge on any atom is 0.340 e. The third kappa shape index (κ3) is 4.84. The van der Waals surface area contributed by atoms with Crippen LogP contribution in [-0.2, 0) is 9.53 Å². The van der Waals surface area contributed by atoms with Gasteiger partial charge in [0.25, 0.3) is 0 Å². The van der Waals surface area contributed by atoms with Crippen molar-refractivity contribution in [3.05, 3.63) is 42.0 Å². The summed E-state index contributed by atoms with van der Waals surface area (Å²) in [4.78, 5) is 37.2. The number of anilines is 3. The van der Waals surface area contributed by atoms with Gasteiger partial charge in [0.15, 0.2) is 11.6 Å². The summed E-state index contributed by atoms with van der Waals surface area (Å²) in [6, 6.07) is 6.54. The van der Waals surface area contributed by atoms with Gasteiger partial charge in [-0.15, -0.1) is 0 Å². The Morgan fingerprint density at radius 3 is 2.85 bits per heavy atom. The number of nitrogens with one attached hydrogen (secondary N) is 1. The van der Waals surface area contributed by atoms with Crippen LogP contribution in [0.1, 0.15) is 43.0 Å². The minimum Gasteiger partial charge on any atom is -0.462 e. The molecule has 2 aromatic rings. The highest BCUT2D eigenvalue weighted by Gasteiger charge is 2.36. The largest absolute Gasteiger partial charge is 0.462 e. The van der Waals surface area contributed by atoms with Crippen molar-refractivity contribution < 1.29 is 18.7 Å². The van der Waals surface area contributed by atoms with E-state index in [4.69, 9.17) is 10.5 Å². The molecule has 2 fully saturated rings. The summed E-state index contributed by atoms with van der Waals surface area (Å²) >= 11 is 0. The van der Waals surface area contributed by atoms with Crippen LogP contribution in [-0.4, -0.2) is 65.1 Å². The van der Waals surface area contributed by atoms with Gasteiger partial charge < -0.3 is 25.6 Å². The van der Waals surface area contributed by atoms with Gasteiger partial charge in [0.1, 0.15) is 12.4 Å². The van der Waals surface area contributed by atoms with Crippen LogP contribution >= 0.6 is 0 Å². The van der Waals surface area contributed by atoms with Gasteiger partial charge in [0.2, 0.25) is 11.7 Å². The molecule has 9 nitrogen and oxygen atoms in total. The second-order valence-electron chi connectivity index (χ2n) is 8.28. The van der Waals surface area contributed by atoms with Gasteiger partial charge in [0.05, 0.1) is 12.2 Å². The molecule has 1 unspecified atom stereocenters. The van der Waals surface area contributed by atoms with Crippen LogP contribution in [0.5, 0.6) is 0 Å². The number of benzene rings is 1. The molecule has 2 aliphatic rings. The zero-order chi connectivity index (χ0) is 23.4. The molecule has 3 N–H and O–H groups in total.